The van der Waals surface area contributed by atoms with E-state index in [-0.39, 0.29) is 47.5 Å². The van der Waals surface area contributed by atoms with Gasteiger partial charge in [-0.15, -0.1) is 0 Å². The maximum absolute atomic E-state index is 14.1. The normalized spacial score (nSPS) is 26.7. The molecule has 3 aliphatic heterocycles. The van der Waals surface area contributed by atoms with Gasteiger partial charge in [0.15, 0.2) is 0 Å². The van der Waals surface area contributed by atoms with Crippen molar-refractivity contribution in [2.75, 3.05) is 19.7 Å². The van der Waals surface area contributed by atoms with Crippen LogP contribution in [-0.4, -0.2) is 58.6 Å². The van der Waals surface area contributed by atoms with Crippen LogP contribution in [0.4, 0.5) is 0 Å². The van der Waals surface area contributed by atoms with Crippen LogP contribution in [0.3, 0.4) is 0 Å². The van der Waals surface area contributed by atoms with Crippen LogP contribution in [0.15, 0.2) is 71.3 Å². The number of allylic oxidation sites excluding steroid dienone is 2. The van der Waals surface area contributed by atoms with E-state index in [1.807, 2.05) is 18.2 Å². The Morgan fingerprint density at radius 2 is 1.72 bits per heavy atom. The van der Waals surface area contributed by atoms with Crippen LogP contribution in [0, 0.1) is 17.8 Å². The fourth-order valence-corrected chi connectivity index (χ4v) is 8.05. The summed E-state index contributed by atoms with van der Waals surface area (Å²) in [5.41, 5.74) is 6.45. The second kappa shape index (κ2) is 13.2. The minimum Gasteiger partial charge on any atom is -0.508 e. The standard InChI is InChI=1S/C37H46N2O4/c1-3-8-28-22-31-35(32-24-43-33(34(28)32)16-13-25(4-2)21-26-11-14-30(40)15-12-26)37(42)39(36(31)41)29-17-19-38(20-18-29)23-27-9-6-5-7-10-27/h5-7,9-12,14-15,21,29,31-33,35,40H,3-4,8,13,16-20,22-24H2,1-2H3/b25-21+/t31-,32+,33-,35-/m1/s1. The first-order chi connectivity index (χ1) is 21.0. The highest BCUT2D eigenvalue weighted by Gasteiger charge is 2.58. The highest BCUT2D eigenvalue weighted by molar-refractivity contribution is 6.06. The second-order valence-electron chi connectivity index (χ2n) is 12.9. The number of rotatable bonds is 10. The molecule has 4 aliphatic rings. The van der Waals surface area contributed by atoms with E-state index in [4.69, 9.17) is 4.74 Å². The molecule has 228 valence electrons. The minimum atomic E-state index is -0.270. The summed E-state index contributed by atoms with van der Waals surface area (Å²) in [6, 6.07) is 17.9. The van der Waals surface area contributed by atoms with Gasteiger partial charge < -0.3 is 9.84 Å². The summed E-state index contributed by atoms with van der Waals surface area (Å²) in [5.74, 6) is -0.0746. The molecule has 0 bridgehead atoms. The van der Waals surface area contributed by atoms with Gasteiger partial charge in [0.2, 0.25) is 11.8 Å². The van der Waals surface area contributed by atoms with Gasteiger partial charge in [-0.05, 0) is 73.8 Å². The van der Waals surface area contributed by atoms with Crippen LogP contribution >= 0.6 is 0 Å². The summed E-state index contributed by atoms with van der Waals surface area (Å²) in [6.07, 6.45) is 9.40. The lowest BCUT2D eigenvalue weighted by Crippen LogP contribution is -2.47. The van der Waals surface area contributed by atoms with Crippen molar-refractivity contribution in [1.29, 1.82) is 0 Å². The number of piperidine rings is 1. The van der Waals surface area contributed by atoms with Gasteiger partial charge in [0.25, 0.3) is 0 Å². The first-order valence-corrected chi connectivity index (χ1v) is 16.4. The third kappa shape index (κ3) is 6.23. The summed E-state index contributed by atoms with van der Waals surface area (Å²) < 4.78 is 6.47. The molecule has 4 atom stereocenters. The molecule has 43 heavy (non-hydrogen) atoms. The number of carbonyl (C=O) groups is 2. The Morgan fingerprint density at radius 1 is 0.977 bits per heavy atom. The van der Waals surface area contributed by atoms with Crippen LogP contribution in [0.5, 0.6) is 5.75 Å². The Morgan fingerprint density at radius 3 is 2.42 bits per heavy atom. The maximum Gasteiger partial charge on any atom is 0.234 e. The van der Waals surface area contributed by atoms with Crippen molar-refractivity contribution in [3.63, 3.8) is 0 Å². The van der Waals surface area contributed by atoms with Gasteiger partial charge in [0, 0.05) is 31.6 Å². The number of amides is 2. The molecule has 0 saturated carbocycles. The average molecular weight is 583 g/mol. The summed E-state index contributed by atoms with van der Waals surface area (Å²) in [4.78, 5) is 32.1. The minimum absolute atomic E-state index is 0.00552. The van der Waals surface area contributed by atoms with Gasteiger partial charge in [0.1, 0.15) is 5.75 Å². The number of phenolic OH excluding ortho intramolecular Hbond substituents is 1. The molecule has 0 unspecified atom stereocenters. The molecule has 2 amide bonds. The Balaban J connectivity index is 1.14. The molecule has 3 saturated heterocycles. The number of carbonyl (C=O) groups excluding carboxylic acids is 2. The number of imide groups is 1. The lowest BCUT2D eigenvalue weighted by molar-refractivity contribution is -0.144. The number of fused-ring (bicyclic) bond motifs is 3. The number of phenols is 1. The van der Waals surface area contributed by atoms with Gasteiger partial charge in [0.05, 0.1) is 24.5 Å². The fraction of sp³-hybridized carbons (Fsp3) is 0.514. The van der Waals surface area contributed by atoms with E-state index in [0.29, 0.717) is 13.0 Å². The largest absolute Gasteiger partial charge is 0.508 e. The predicted molar refractivity (Wildman–Crippen MR) is 169 cm³/mol. The summed E-state index contributed by atoms with van der Waals surface area (Å²) in [6.45, 7) is 7.65. The highest BCUT2D eigenvalue weighted by atomic mass is 16.5. The average Bonchev–Trinajstić information content (AvgIpc) is 3.55. The first-order valence-electron chi connectivity index (χ1n) is 16.4. The van der Waals surface area contributed by atoms with E-state index in [9.17, 15) is 14.7 Å². The van der Waals surface area contributed by atoms with Crippen LogP contribution in [0.25, 0.3) is 6.08 Å². The third-order valence-corrected chi connectivity index (χ3v) is 10.2. The van der Waals surface area contributed by atoms with Gasteiger partial charge in [-0.2, -0.15) is 0 Å². The van der Waals surface area contributed by atoms with Crippen molar-refractivity contribution in [1.82, 2.24) is 9.80 Å². The summed E-state index contributed by atoms with van der Waals surface area (Å²) >= 11 is 0. The molecular weight excluding hydrogens is 536 g/mol. The lowest BCUT2D eigenvalue weighted by atomic mass is 9.68. The zero-order valence-electron chi connectivity index (χ0n) is 25.7. The van der Waals surface area contributed by atoms with Crippen LogP contribution in [0.2, 0.25) is 0 Å². The molecule has 2 aromatic carbocycles. The van der Waals surface area contributed by atoms with Crippen LogP contribution in [-0.2, 0) is 20.9 Å². The molecule has 6 nitrogen and oxygen atoms in total. The molecule has 2 aromatic rings. The van der Waals surface area contributed by atoms with Crippen LogP contribution in [0.1, 0.15) is 76.3 Å². The van der Waals surface area contributed by atoms with E-state index in [0.717, 1.165) is 70.1 Å². The van der Waals surface area contributed by atoms with Crippen molar-refractivity contribution >= 4 is 17.9 Å². The number of nitrogens with zero attached hydrogens (tertiary/aromatic N) is 2. The number of ether oxygens (including phenoxy) is 1. The molecule has 0 aromatic heterocycles. The van der Waals surface area contributed by atoms with Crippen molar-refractivity contribution < 1.29 is 19.4 Å². The van der Waals surface area contributed by atoms with Gasteiger partial charge in [-0.3, -0.25) is 19.4 Å². The molecular formula is C37H46N2O4. The fourth-order valence-electron chi connectivity index (χ4n) is 8.05. The van der Waals surface area contributed by atoms with Gasteiger partial charge in [-0.25, -0.2) is 0 Å². The SMILES string of the molecule is CCCC1=C2[C@@H](CC/C(=C/c3ccc(O)cc3)CC)OC[C@@H]2[C@@H]2C(=O)N(C3CCN(Cc4ccccc4)CC3)C(=O)[C@@H]2C1. The monoisotopic (exact) mass is 582 g/mol. The molecule has 6 rings (SSSR count). The van der Waals surface area contributed by atoms with E-state index >= 15 is 0 Å². The Hall–Kier alpha value is -3.22. The van der Waals surface area contributed by atoms with Crippen molar-refractivity contribution in [2.24, 2.45) is 17.8 Å². The second-order valence-corrected chi connectivity index (χ2v) is 12.9. The smallest absolute Gasteiger partial charge is 0.234 e. The van der Waals surface area contributed by atoms with E-state index in [1.54, 1.807) is 17.0 Å². The van der Waals surface area contributed by atoms with E-state index in [2.05, 4.69) is 49.1 Å². The summed E-state index contributed by atoms with van der Waals surface area (Å²) in [7, 11) is 0. The quantitative estimate of drug-likeness (QED) is 0.248. The van der Waals surface area contributed by atoms with Gasteiger partial charge >= 0.3 is 0 Å². The summed E-state index contributed by atoms with van der Waals surface area (Å²) in [5, 5.41) is 9.63. The van der Waals surface area contributed by atoms with E-state index in [1.165, 1.54) is 22.3 Å². The molecule has 1 aliphatic carbocycles. The van der Waals surface area contributed by atoms with Crippen molar-refractivity contribution in [2.45, 2.75) is 83.9 Å². The topological polar surface area (TPSA) is 70.1 Å². The molecule has 3 heterocycles. The number of hydrogen-bond donors (Lipinski definition) is 1. The maximum atomic E-state index is 14.1. The number of hydrogen-bond acceptors (Lipinski definition) is 5. The lowest BCUT2D eigenvalue weighted by Gasteiger charge is -2.36. The van der Waals surface area contributed by atoms with Crippen molar-refractivity contribution in [3.05, 3.63) is 82.4 Å². The first kappa shape index (κ1) is 29.8. The van der Waals surface area contributed by atoms with Crippen molar-refractivity contribution in [3.8, 4) is 5.75 Å². The zero-order chi connectivity index (χ0) is 29.9. The van der Waals surface area contributed by atoms with Gasteiger partial charge in [-0.1, -0.05) is 80.0 Å². The Bertz CT molecular complexity index is 1360. The molecule has 6 heteroatoms. The molecule has 3 fully saturated rings. The Kier molecular flexibility index (Phi) is 9.15. The zero-order valence-corrected chi connectivity index (χ0v) is 25.7. The predicted octanol–water partition coefficient (Wildman–Crippen LogP) is 6.75. The highest BCUT2D eigenvalue weighted by Crippen LogP contribution is 2.51. The molecule has 1 N–H and O–H groups in total. The number of benzene rings is 2. The molecule has 0 radical (unpaired) electrons. The van der Waals surface area contributed by atoms with Crippen LogP contribution < -0.4 is 0 Å². The Labute approximate surface area is 256 Å². The number of likely N-dealkylation sites (tertiary alicyclic amines) is 2. The van der Waals surface area contributed by atoms with E-state index < -0.39 is 0 Å². The number of aromatic hydroxyl groups is 1. The third-order valence-electron chi connectivity index (χ3n) is 10.2. The molecule has 0 spiro atoms.